The first kappa shape index (κ1) is 22.9. The first-order valence-electron chi connectivity index (χ1n) is 10.2. The number of benzene rings is 3. The summed E-state index contributed by atoms with van der Waals surface area (Å²) in [4.78, 5) is 30.5. The number of rotatable bonds is 6. The number of hydrogen-bond acceptors (Lipinski definition) is 5. The van der Waals surface area contributed by atoms with Crippen LogP contribution in [0, 0.1) is 6.92 Å². The van der Waals surface area contributed by atoms with Crippen LogP contribution in [-0.2, 0) is 4.79 Å². The van der Waals surface area contributed by atoms with Gasteiger partial charge < -0.3 is 0 Å². The number of carbonyl (C=O) groups excluding carboxylic acids is 1. The molecule has 0 spiro atoms. The molecule has 0 radical (unpaired) electrons. The zero-order valence-electron chi connectivity index (χ0n) is 18.1. The molecule has 0 atom stereocenters. The highest BCUT2D eigenvalue weighted by Crippen LogP contribution is 2.23. The predicted octanol–water partition coefficient (Wildman–Crippen LogP) is 5.09. The van der Waals surface area contributed by atoms with Crippen LogP contribution in [0.3, 0.4) is 0 Å². The summed E-state index contributed by atoms with van der Waals surface area (Å²) in [6, 6.07) is 22.5. The second-order valence-electron chi connectivity index (χ2n) is 7.37. The first-order chi connectivity index (χ1) is 15.9. The van der Waals surface area contributed by atoms with Gasteiger partial charge >= 0.3 is 0 Å². The molecule has 0 aliphatic heterocycles. The molecule has 1 amide bonds. The highest BCUT2D eigenvalue weighted by molar-refractivity contribution is 9.10. The number of hydrazone groups is 1. The Labute approximate surface area is 203 Å². The molecule has 0 saturated heterocycles. The van der Waals surface area contributed by atoms with Gasteiger partial charge in [0.2, 0.25) is 0 Å². The molecule has 1 N–H and O–H groups in total. The number of halogens is 1. The molecule has 166 valence electrons. The normalized spacial score (nSPS) is 11.5. The van der Waals surface area contributed by atoms with E-state index >= 15 is 0 Å². The summed E-state index contributed by atoms with van der Waals surface area (Å²) in [5.41, 5.74) is 6.30. The van der Waals surface area contributed by atoms with Gasteiger partial charge in [0.15, 0.2) is 5.16 Å². The number of carbonyl (C=O) groups is 1. The molecule has 33 heavy (non-hydrogen) atoms. The molecular formula is C25H21BrN4O2S. The number of amides is 1. The molecule has 0 aliphatic rings. The highest BCUT2D eigenvalue weighted by atomic mass is 79.9. The van der Waals surface area contributed by atoms with Crippen LogP contribution in [-0.4, -0.2) is 26.9 Å². The minimum atomic E-state index is -0.284. The zero-order chi connectivity index (χ0) is 23.4. The Balaban J connectivity index is 1.60. The van der Waals surface area contributed by atoms with Gasteiger partial charge in [0.05, 0.1) is 28.1 Å². The Morgan fingerprint density at radius 2 is 1.85 bits per heavy atom. The van der Waals surface area contributed by atoms with Gasteiger partial charge in [0, 0.05) is 4.47 Å². The zero-order valence-corrected chi connectivity index (χ0v) is 20.5. The molecule has 1 aromatic heterocycles. The molecule has 0 unspecified atom stereocenters. The standard InChI is InChI=1S/C25H21BrN4O2S/c1-16-8-3-6-13-22(16)30-24(32)20-11-4-5-12-21(20)27-25(30)33-15-23(31)29-28-17(2)18-9-7-10-19(26)14-18/h3-14H,15H2,1-2H3,(H,29,31)/b28-17-. The lowest BCUT2D eigenvalue weighted by Gasteiger charge is -2.14. The van der Waals surface area contributed by atoms with Gasteiger partial charge in [-0.15, -0.1) is 0 Å². The van der Waals surface area contributed by atoms with Crippen molar-refractivity contribution in [3.8, 4) is 5.69 Å². The Kier molecular flexibility index (Phi) is 7.05. The molecule has 0 fully saturated rings. The maximum absolute atomic E-state index is 13.3. The predicted molar refractivity (Wildman–Crippen MR) is 137 cm³/mol. The van der Waals surface area contributed by atoms with Crippen LogP contribution < -0.4 is 11.0 Å². The molecule has 0 bridgehead atoms. The summed E-state index contributed by atoms with van der Waals surface area (Å²) in [7, 11) is 0. The Bertz CT molecular complexity index is 1430. The Hall–Kier alpha value is -3.23. The monoisotopic (exact) mass is 520 g/mol. The van der Waals surface area contributed by atoms with Crippen molar-refractivity contribution < 1.29 is 4.79 Å². The van der Waals surface area contributed by atoms with Crippen molar-refractivity contribution in [2.45, 2.75) is 19.0 Å². The van der Waals surface area contributed by atoms with Gasteiger partial charge in [-0.3, -0.25) is 14.2 Å². The molecule has 0 saturated carbocycles. The number of aryl methyl sites for hydroxylation is 1. The fourth-order valence-electron chi connectivity index (χ4n) is 3.32. The topological polar surface area (TPSA) is 76.3 Å². The summed E-state index contributed by atoms with van der Waals surface area (Å²) in [5, 5.41) is 5.19. The molecule has 8 heteroatoms. The van der Waals surface area contributed by atoms with E-state index < -0.39 is 0 Å². The van der Waals surface area contributed by atoms with Gasteiger partial charge in [0.25, 0.3) is 11.5 Å². The quantitative estimate of drug-likeness (QED) is 0.166. The lowest BCUT2D eigenvalue weighted by molar-refractivity contribution is -0.118. The lowest BCUT2D eigenvalue weighted by atomic mass is 10.1. The number of thioether (sulfide) groups is 1. The summed E-state index contributed by atoms with van der Waals surface area (Å²) in [5.74, 6) is -0.223. The number of hydrogen-bond donors (Lipinski definition) is 1. The molecular weight excluding hydrogens is 500 g/mol. The van der Waals surface area contributed by atoms with Crippen LogP contribution >= 0.6 is 27.7 Å². The third-order valence-corrected chi connectivity index (χ3v) is 6.46. The second-order valence-corrected chi connectivity index (χ2v) is 9.23. The van der Waals surface area contributed by atoms with E-state index in [1.807, 2.05) is 74.5 Å². The average Bonchev–Trinajstić information content (AvgIpc) is 2.82. The maximum Gasteiger partial charge on any atom is 0.266 e. The van der Waals surface area contributed by atoms with E-state index in [-0.39, 0.29) is 17.2 Å². The Morgan fingerprint density at radius 1 is 1.09 bits per heavy atom. The average molecular weight is 521 g/mol. The third-order valence-electron chi connectivity index (χ3n) is 5.02. The van der Waals surface area contributed by atoms with Gasteiger partial charge in [-0.1, -0.05) is 70.2 Å². The molecule has 3 aromatic carbocycles. The first-order valence-corrected chi connectivity index (χ1v) is 12.0. The number of para-hydroxylation sites is 2. The smallest absolute Gasteiger partial charge is 0.266 e. The lowest BCUT2D eigenvalue weighted by Crippen LogP contribution is -2.25. The summed E-state index contributed by atoms with van der Waals surface area (Å²) < 4.78 is 2.51. The molecule has 4 aromatic rings. The molecule has 1 heterocycles. The van der Waals surface area contributed by atoms with Crippen LogP contribution in [0.25, 0.3) is 16.6 Å². The number of fused-ring (bicyclic) bond motifs is 1. The largest absolute Gasteiger partial charge is 0.272 e. The number of nitrogens with zero attached hydrogens (tertiary/aromatic N) is 3. The van der Waals surface area contributed by atoms with Crippen molar-refractivity contribution in [2.24, 2.45) is 5.10 Å². The van der Waals surface area contributed by atoms with Gasteiger partial charge in [0.1, 0.15) is 0 Å². The fraction of sp³-hybridized carbons (Fsp3) is 0.120. The minimum absolute atomic E-state index is 0.0614. The van der Waals surface area contributed by atoms with E-state index in [1.165, 1.54) is 11.8 Å². The van der Waals surface area contributed by atoms with Crippen molar-refractivity contribution in [1.82, 2.24) is 15.0 Å². The minimum Gasteiger partial charge on any atom is -0.272 e. The fourth-order valence-corrected chi connectivity index (χ4v) is 4.52. The van der Waals surface area contributed by atoms with E-state index in [9.17, 15) is 9.59 Å². The molecule has 6 nitrogen and oxygen atoms in total. The van der Waals surface area contributed by atoms with Crippen LogP contribution in [0.15, 0.2) is 92.3 Å². The summed E-state index contributed by atoms with van der Waals surface area (Å²) in [6.45, 7) is 3.77. The van der Waals surface area contributed by atoms with E-state index in [1.54, 1.807) is 16.7 Å². The van der Waals surface area contributed by atoms with Crippen LogP contribution in [0.2, 0.25) is 0 Å². The van der Waals surface area contributed by atoms with Gasteiger partial charge in [-0.2, -0.15) is 5.10 Å². The van der Waals surface area contributed by atoms with Crippen molar-refractivity contribution in [3.63, 3.8) is 0 Å². The van der Waals surface area contributed by atoms with E-state index in [0.717, 1.165) is 21.3 Å². The van der Waals surface area contributed by atoms with Crippen LogP contribution in [0.1, 0.15) is 18.1 Å². The van der Waals surface area contributed by atoms with Crippen molar-refractivity contribution in [1.29, 1.82) is 0 Å². The van der Waals surface area contributed by atoms with E-state index in [2.05, 4.69) is 31.4 Å². The molecule has 4 rings (SSSR count). The number of nitrogens with one attached hydrogen (secondary N) is 1. The maximum atomic E-state index is 13.3. The van der Waals surface area contributed by atoms with Crippen molar-refractivity contribution >= 4 is 50.2 Å². The van der Waals surface area contributed by atoms with Crippen LogP contribution in [0.4, 0.5) is 0 Å². The van der Waals surface area contributed by atoms with E-state index in [4.69, 9.17) is 0 Å². The third kappa shape index (κ3) is 5.23. The van der Waals surface area contributed by atoms with Gasteiger partial charge in [-0.25, -0.2) is 10.4 Å². The van der Waals surface area contributed by atoms with Gasteiger partial charge in [-0.05, 0) is 55.3 Å². The SMILES string of the molecule is C/C(=N/NC(=O)CSc1nc2ccccc2c(=O)n1-c1ccccc1C)c1cccc(Br)c1. The van der Waals surface area contributed by atoms with Crippen LogP contribution in [0.5, 0.6) is 0 Å². The number of aromatic nitrogens is 2. The van der Waals surface area contributed by atoms with Crippen molar-refractivity contribution in [3.05, 3.63) is 98.7 Å². The summed E-state index contributed by atoms with van der Waals surface area (Å²) >= 11 is 4.64. The molecule has 0 aliphatic carbocycles. The second kappa shape index (κ2) is 10.1. The Morgan fingerprint density at radius 3 is 2.64 bits per heavy atom. The van der Waals surface area contributed by atoms with Crippen molar-refractivity contribution in [2.75, 3.05) is 5.75 Å². The van der Waals surface area contributed by atoms with E-state index in [0.29, 0.717) is 21.8 Å². The highest BCUT2D eigenvalue weighted by Gasteiger charge is 2.16. The summed E-state index contributed by atoms with van der Waals surface area (Å²) in [6.07, 6.45) is 0.